The van der Waals surface area contributed by atoms with E-state index in [-0.39, 0.29) is 5.56 Å². The molecule has 1 rings (SSSR count). The van der Waals surface area contributed by atoms with E-state index in [1.165, 1.54) is 6.92 Å². The van der Waals surface area contributed by atoms with Crippen LogP contribution in [0.15, 0.2) is 12.1 Å². The summed E-state index contributed by atoms with van der Waals surface area (Å²) in [6, 6.07) is 2.71. The van der Waals surface area contributed by atoms with Crippen molar-refractivity contribution in [2.24, 2.45) is 5.73 Å². The SMILES string of the molecule is Cc1cc(CC(C)(C)N)cc(F)c1C(F)F. The molecule has 0 aromatic heterocycles. The molecular formula is C12H16F3N. The molecule has 0 aliphatic heterocycles. The van der Waals surface area contributed by atoms with E-state index in [1.54, 1.807) is 19.9 Å². The van der Waals surface area contributed by atoms with Crippen LogP contribution < -0.4 is 5.73 Å². The van der Waals surface area contributed by atoms with E-state index >= 15 is 0 Å². The molecule has 16 heavy (non-hydrogen) atoms. The first-order valence-electron chi connectivity index (χ1n) is 5.06. The van der Waals surface area contributed by atoms with Gasteiger partial charge < -0.3 is 5.73 Å². The lowest BCUT2D eigenvalue weighted by Gasteiger charge is -2.19. The van der Waals surface area contributed by atoms with E-state index in [9.17, 15) is 13.2 Å². The summed E-state index contributed by atoms with van der Waals surface area (Å²) in [6.07, 6.45) is -2.33. The minimum absolute atomic E-state index is 0.272. The van der Waals surface area contributed by atoms with Crippen LogP contribution in [-0.4, -0.2) is 5.54 Å². The highest BCUT2D eigenvalue weighted by atomic mass is 19.3. The van der Waals surface area contributed by atoms with Crippen molar-refractivity contribution in [1.29, 1.82) is 0 Å². The molecule has 4 heteroatoms. The van der Waals surface area contributed by atoms with Crippen molar-refractivity contribution in [3.05, 3.63) is 34.6 Å². The molecule has 0 aliphatic rings. The first kappa shape index (κ1) is 13.0. The third-order valence-corrected chi connectivity index (χ3v) is 2.27. The molecule has 1 aromatic carbocycles. The number of hydrogen-bond donors (Lipinski definition) is 1. The monoisotopic (exact) mass is 231 g/mol. The molecule has 0 spiro atoms. The maximum Gasteiger partial charge on any atom is 0.266 e. The highest BCUT2D eigenvalue weighted by molar-refractivity contribution is 5.34. The van der Waals surface area contributed by atoms with Gasteiger partial charge in [0, 0.05) is 5.54 Å². The second kappa shape index (κ2) is 4.45. The smallest absolute Gasteiger partial charge is 0.266 e. The standard InChI is InChI=1S/C12H16F3N/c1-7-4-8(6-12(2,3)16)5-9(13)10(7)11(14)15/h4-5,11H,6,16H2,1-3H3. The molecule has 0 bridgehead atoms. The Labute approximate surface area is 93.5 Å². The van der Waals surface area contributed by atoms with Crippen LogP contribution in [0.25, 0.3) is 0 Å². The van der Waals surface area contributed by atoms with Gasteiger partial charge in [0.25, 0.3) is 6.43 Å². The fourth-order valence-electron chi connectivity index (χ4n) is 1.73. The predicted octanol–water partition coefficient (Wildman–Crippen LogP) is 3.35. The summed E-state index contributed by atoms with van der Waals surface area (Å²) >= 11 is 0. The molecule has 0 amide bonds. The Balaban J connectivity index is 3.10. The number of hydrogen-bond acceptors (Lipinski definition) is 1. The van der Waals surface area contributed by atoms with Gasteiger partial charge in [-0.3, -0.25) is 0 Å². The molecule has 0 heterocycles. The van der Waals surface area contributed by atoms with Gasteiger partial charge in [-0.1, -0.05) is 6.07 Å². The molecule has 0 atom stereocenters. The molecular weight excluding hydrogens is 215 g/mol. The van der Waals surface area contributed by atoms with Crippen LogP contribution in [-0.2, 0) is 6.42 Å². The van der Waals surface area contributed by atoms with E-state index in [2.05, 4.69) is 0 Å². The second-order valence-corrected chi connectivity index (χ2v) is 4.77. The van der Waals surface area contributed by atoms with E-state index < -0.39 is 23.3 Å². The van der Waals surface area contributed by atoms with Crippen LogP contribution in [0.1, 0.15) is 37.0 Å². The molecule has 0 saturated heterocycles. The van der Waals surface area contributed by atoms with Crippen molar-refractivity contribution in [1.82, 2.24) is 0 Å². The average molecular weight is 231 g/mol. The number of aryl methyl sites for hydroxylation is 1. The van der Waals surface area contributed by atoms with Crippen molar-refractivity contribution in [3.63, 3.8) is 0 Å². The topological polar surface area (TPSA) is 26.0 Å². The number of benzene rings is 1. The molecule has 0 aliphatic carbocycles. The van der Waals surface area contributed by atoms with Gasteiger partial charge in [0.1, 0.15) is 5.82 Å². The van der Waals surface area contributed by atoms with Crippen molar-refractivity contribution in [3.8, 4) is 0 Å². The minimum Gasteiger partial charge on any atom is -0.325 e. The summed E-state index contributed by atoms with van der Waals surface area (Å²) in [6.45, 7) is 5.10. The van der Waals surface area contributed by atoms with Crippen LogP contribution in [0, 0.1) is 12.7 Å². The third kappa shape index (κ3) is 3.23. The number of alkyl halides is 2. The number of halogens is 3. The van der Waals surface area contributed by atoms with Crippen LogP contribution in [0.5, 0.6) is 0 Å². The Hall–Kier alpha value is -1.03. The summed E-state index contributed by atoms with van der Waals surface area (Å²) < 4.78 is 38.4. The lowest BCUT2D eigenvalue weighted by atomic mass is 9.93. The van der Waals surface area contributed by atoms with Gasteiger partial charge in [-0.25, -0.2) is 13.2 Å². The Morgan fingerprint density at radius 2 is 1.88 bits per heavy atom. The summed E-state index contributed by atoms with van der Waals surface area (Å²) in [4.78, 5) is 0. The molecule has 90 valence electrons. The summed E-state index contributed by atoms with van der Waals surface area (Å²) in [5.74, 6) is -0.853. The number of rotatable bonds is 3. The fourth-order valence-corrected chi connectivity index (χ4v) is 1.73. The molecule has 0 unspecified atom stereocenters. The van der Waals surface area contributed by atoms with Crippen molar-refractivity contribution in [2.75, 3.05) is 0 Å². The van der Waals surface area contributed by atoms with Gasteiger partial charge in [-0.05, 0) is 44.4 Å². The average Bonchev–Trinajstić information content (AvgIpc) is 1.96. The van der Waals surface area contributed by atoms with Gasteiger partial charge in [0.05, 0.1) is 5.56 Å². The van der Waals surface area contributed by atoms with Gasteiger partial charge in [0.2, 0.25) is 0 Å². The highest BCUT2D eigenvalue weighted by Gasteiger charge is 2.19. The zero-order valence-corrected chi connectivity index (χ0v) is 9.65. The quantitative estimate of drug-likeness (QED) is 0.848. The van der Waals surface area contributed by atoms with Gasteiger partial charge in [0.15, 0.2) is 0 Å². The Morgan fingerprint density at radius 3 is 2.25 bits per heavy atom. The van der Waals surface area contributed by atoms with E-state index in [0.717, 1.165) is 6.07 Å². The number of nitrogens with two attached hydrogens (primary N) is 1. The third-order valence-electron chi connectivity index (χ3n) is 2.27. The van der Waals surface area contributed by atoms with Crippen LogP contribution in [0.4, 0.5) is 13.2 Å². The lowest BCUT2D eigenvalue weighted by Crippen LogP contribution is -2.34. The zero-order valence-electron chi connectivity index (χ0n) is 9.65. The summed E-state index contributed by atoms with van der Waals surface area (Å²) in [5.41, 5.74) is 5.72. The van der Waals surface area contributed by atoms with E-state index in [4.69, 9.17) is 5.73 Å². The second-order valence-electron chi connectivity index (χ2n) is 4.77. The predicted molar refractivity (Wildman–Crippen MR) is 58.1 cm³/mol. The maximum absolute atomic E-state index is 13.4. The van der Waals surface area contributed by atoms with Gasteiger partial charge >= 0.3 is 0 Å². The van der Waals surface area contributed by atoms with Crippen LogP contribution >= 0.6 is 0 Å². The van der Waals surface area contributed by atoms with E-state index in [0.29, 0.717) is 12.0 Å². The van der Waals surface area contributed by atoms with Crippen LogP contribution in [0.2, 0.25) is 0 Å². The molecule has 0 saturated carbocycles. The summed E-state index contributed by atoms with van der Waals surface area (Å²) in [5, 5.41) is 0. The largest absolute Gasteiger partial charge is 0.325 e. The maximum atomic E-state index is 13.4. The fraction of sp³-hybridized carbons (Fsp3) is 0.500. The molecule has 1 aromatic rings. The zero-order chi connectivity index (χ0) is 12.5. The molecule has 2 N–H and O–H groups in total. The molecule has 0 radical (unpaired) electrons. The summed E-state index contributed by atoms with van der Waals surface area (Å²) in [7, 11) is 0. The Kier molecular flexibility index (Phi) is 3.63. The van der Waals surface area contributed by atoms with Gasteiger partial charge in [-0.2, -0.15) is 0 Å². The Bertz CT molecular complexity index is 357. The van der Waals surface area contributed by atoms with Gasteiger partial charge in [-0.15, -0.1) is 0 Å². The first-order valence-corrected chi connectivity index (χ1v) is 5.06. The molecule has 1 nitrogen and oxygen atoms in total. The van der Waals surface area contributed by atoms with Crippen LogP contribution in [0.3, 0.4) is 0 Å². The first-order chi connectivity index (χ1) is 7.20. The minimum atomic E-state index is -2.78. The highest BCUT2D eigenvalue weighted by Crippen LogP contribution is 2.27. The van der Waals surface area contributed by atoms with E-state index in [1.807, 2.05) is 0 Å². The van der Waals surface area contributed by atoms with Crippen molar-refractivity contribution >= 4 is 0 Å². The van der Waals surface area contributed by atoms with Crippen molar-refractivity contribution < 1.29 is 13.2 Å². The van der Waals surface area contributed by atoms with Crippen molar-refractivity contribution in [2.45, 2.75) is 39.2 Å². The normalized spacial score (nSPS) is 12.2. The Morgan fingerprint density at radius 1 is 1.31 bits per heavy atom. The molecule has 0 fully saturated rings. The lowest BCUT2D eigenvalue weighted by molar-refractivity contribution is 0.145.